The first-order valence-electron chi connectivity index (χ1n) is 5.58. The van der Waals surface area contributed by atoms with E-state index in [2.05, 4.69) is 17.9 Å². The molecule has 2 unspecified atom stereocenters. The molecule has 0 radical (unpaired) electrons. The molecule has 0 spiro atoms. The van der Waals surface area contributed by atoms with Gasteiger partial charge in [0.2, 0.25) is 0 Å². The Kier molecular flexibility index (Phi) is 4.92. The lowest BCUT2D eigenvalue weighted by Crippen LogP contribution is -2.45. The van der Waals surface area contributed by atoms with E-state index in [1.165, 1.54) is 6.42 Å². The highest BCUT2D eigenvalue weighted by atomic mass is 16.3. The van der Waals surface area contributed by atoms with Crippen molar-refractivity contribution >= 4 is 0 Å². The monoisotopic (exact) mass is 196 g/mol. The van der Waals surface area contributed by atoms with Crippen molar-refractivity contribution in [2.45, 2.75) is 51.2 Å². The van der Waals surface area contributed by atoms with Crippen LogP contribution in [-0.2, 0) is 0 Å². The number of rotatable bonds is 4. The average Bonchev–Trinajstić information content (AvgIpc) is 2.21. The molecular weight excluding hydrogens is 176 g/mol. The lowest BCUT2D eigenvalue weighted by Gasteiger charge is -2.36. The Morgan fingerprint density at radius 3 is 2.71 bits per heavy atom. The Morgan fingerprint density at radius 1 is 1.43 bits per heavy atom. The zero-order chi connectivity index (χ0) is 10.4. The molecule has 1 rings (SSSR count). The van der Waals surface area contributed by atoms with Crippen molar-refractivity contribution in [2.24, 2.45) is 0 Å². The van der Waals surface area contributed by atoms with Crippen molar-refractivity contribution in [3.63, 3.8) is 0 Å². The third kappa shape index (κ3) is 2.97. The molecule has 1 N–H and O–H groups in total. The van der Waals surface area contributed by atoms with Crippen LogP contribution in [0.25, 0.3) is 0 Å². The molecule has 0 bridgehead atoms. The van der Waals surface area contributed by atoms with Gasteiger partial charge in [-0.25, -0.2) is 0 Å². The summed E-state index contributed by atoms with van der Waals surface area (Å²) >= 11 is 0. The molecule has 3 heteroatoms. The first-order valence-corrected chi connectivity index (χ1v) is 5.58. The maximum Gasteiger partial charge on any atom is 0.0695 e. The van der Waals surface area contributed by atoms with Gasteiger partial charge in [-0.3, -0.25) is 4.90 Å². The van der Waals surface area contributed by atoms with E-state index in [-0.39, 0.29) is 6.10 Å². The summed E-state index contributed by atoms with van der Waals surface area (Å²) in [5.41, 5.74) is 0. The molecule has 1 fully saturated rings. The molecule has 0 saturated heterocycles. The van der Waals surface area contributed by atoms with Gasteiger partial charge in [0.25, 0.3) is 0 Å². The second kappa shape index (κ2) is 6.00. The van der Waals surface area contributed by atoms with E-state index in [1.54, 1.807) is 0 Å². The lowest BCUT2D eigenvalue weighted by atomic mass is 9.91. The topological polar surface area (TPSA) is 47.3 Å². The van der Waals surface area contributed by atoms with E-state index in [0.29, 0.717) is 12.5 Å². The molecule has 1 aliphatic carbocycles. The highest BCUT2D eigenvalue weighted by Gasteiger charge is 2.27. The zero-order valence-corrected chi connectivity index (χ0v) is 8.95. The van der Waals surface area contributed by atoms with Crippen LogP contribution < -0.4 is 0 Å². The standard InChI is InChI=1S/C11H20N2O/c1-2-13(9-5-8-12)10-6-3-4-7-11(10)14/h10-11,14H,2-7,9H2,1H3. The highest BCUT2D eigenvalue weighted by molar-refractivity contribution is 4.84. The number of hydrogen-bond donors (Lipinski definition) is 1. The summed E-state index contributed by atoms with van der Waals surface area (Å²) in [6.07, 6.45) is 4.76. The molecule has 0 aliphatic heterocycles. The molecule has 80 valence electrons. The van der Waals surface area contributed by atoms with Crippen molar-refractivity contribution in [3.05, 3.63) is 0 Å². The predicted molar refractivity (Wildman–Crippen MR) is 55.7 cm³/mol. The lowest BCUT2D eigenvalue weighted by molar-refractivity contribution is 0.0231. The minimum Gasteiger partial charge on any atom is -0.391 e. The quantitative estimate of drug-likeness (QED) is 0.741. The summed E-state index contributed by atoms with van der Waals surface area (Å²) in [7, 11) is 0. The van der Waals surface area contributed by atoms with Gasteiger partial charge in [-0.2, -0.15) is 5.26 Å². The molecule has 0 aromatic rings. The molecule has 0 heterocycles. The predicted octanol–water partition coefficient (Wildman–Crippen LogP) is 1.53. The average molecular weight is 196 g/mol. The number of nitrogens with zero attached hydrogens (tertiary/aromatic N) is 2. The fourth-order valence-electron chi connectivity index (χ4n) is 2.27. The second-order valence-corrected chi connectivity index (χ2v) is 3.96. The van der Waals surface area contributed by atoms with Crippen molar-refractivity contribution in [1.29, 1.82) is 5.26 Å². The number of aliphatic hydroxyl groups excluding tert-OH is 1. The Labute approximate surface area is 86.3 Å². The summed E-state index contributed by atoms with van der Waals surface area (Å²) < 4.78 is 0. The molecule has 3 nitrogen and oxygen atoms in total. The molecule has 2 atom stereocenters. The van der Waals surface area contributed by atoms with Gasteiger partial charge in [-0.1, -0.05) is 19.8 Å². The third-order valence-electron chi connectivity index (χ3n) is 3.08. The molecule has 0 aromatic carbocycles. The Bertz CT molecular complexity index is 200. The minimum atomic E-state index is -0.178. The van der Waals surface area contributed by atoms with Gasteiger partial charge in [-0.05, 0) is 19.4 Å². The smallest absolute Gasteiger partial charge is 0.0695 e. The van der Waals surface area contributed by atoms with Gasteiger partial charge in [0.15, 0.2) is 0 Å². The van der Waals surface area contributed by atoms with Crippen LogP contribution in [0.2, 0.25) is 0 Å². The van der Waals surface area contributed by atoms with Gasteiger partial charge < -0.3 is 5.11 Å². The summed E-state index contributed by atoms with van der Waals surface area (Å²) in [6, 6.07) is 2.46. The Hall–Kier alpha value is -0.590. The van der Waals surface area contributed by atoms with Crippen LogP contribution in [0.4, 0.5) is 0 Å². The SMILES string of the molecule is CCN(CCC#N)C1CCCCC1O. The Balaban J connectivity index is 2.45. The van der Waals surface area contributed by atoms with Gasteiger partial charge in [0, 0.05) is 19.0 Å². The van der Waals surface area contributed by atoms with Gasteiger partial charge >= 0.3 is 0 Å². The van der Waals surface area contributed by atoms with E-state index in [1.807, 2.05) is 0 Å². The molecular formula is C11H20N2O. The van der Waals surface area contributed by atoms with Crippen LogP contribution in [0, 0.1) is 11.3 Å². The van der Waals surface area contributed by atoms with E-state index in [9.17, 15) is 5.11 Å². The zero-order valence-electron chi connectivity index (χ0n) is 8.95. The molecule has 1 aliphatic rings. The number of nitriles is 1. The first-order chi connectivity index (χ1) is 6.79. The van der Waals surface area contributed by atoms with Crippen LogP contribution in [0.3, 0.4) is 0 Å². The molecule has 14 heavy (non-hydrogen) atoms. The molecule has 0 aromatic heterocycles. The normalized spacial score (nSPS) is 27.6. The number of likely N-dealkylation sites (N-methyl/N-ethyl adjacent to an activating group) is 1. The maximum atomic E-state index is 9.85. The minimum absolute atomic E-state index is 0.178. The number of aliphatic hydroxyl groups is 1. The van der Waals surface area contributed by atoms with Crippen molar-refractivity contribution < 1.29 is 5.11 Å². The van der Waals surface area contributed by atoms with Crippen molar-refractivity contribution in [1.82, 2.24) is 4.90 Å². The maximum absolute atomic E-state index is 9.85. The first kappa shape index (κ1) is 11.5. The fraction of sp³-hybridized carbons (Fsp3) is 0.909. The van der Waals surface area contributed by atoms with Crippen LogP contribution in [0.5, 0.6) is 0 Å². The second-order valence-electron chi connectivity index (χ2n) is 3.96. The van der Waals surface area contributed by atoms with Gasteiger partial charge in [0.05, 0.1) is 12.2 Å². The van der Waals surface area contributed by atoms with E-state index in [4.69, 9.17) is 5.26 Å². The largest absolute Gasteiger partial charge is 0.391 e. The summed E-state index contributed by atoms with van der Waals surface area (Å²) in [5.74, 6) is 0. The Morgan fingerprint density at radius 2 is 2.14 bits per heavy atom. The van der Waals surface area contributed by atoms with Crippen molar-refractivity contribution in [3.8, 4) is 6.07 Å². The van der Waals surface area contributed by atoms with Crippen LogP contribution in [-0.4, -0.2) is 35.2 Å². The molecule has 0 amide bonds. The van der Waals surface area contributed by atoms with Crippen LogP contribution in [0.1, 0.15) is 39.0 Å². The summed E-state index contributed by atoms with van der Waals surface area (Å²) in [6.45, 7) is 3.83. The third-order valence-corrected chi connectivity index (χ3v) is 3.08. The van der Waals surface area contributed by atoms with Crippen LogP contribution in [0.15, 0.2) is 0 Å². The molecule has 1 saturated carbocycles. The van der Waals surface area contributed by atoms with Gasteiger partial charge in [-0.15, -0.1) is 0 Å². The van der Waals surface area contributed by atoms with Crippen LogP contribution >= 0.6 is 0 Å². The summed E-state index contributed by atoms with van der Waals surface area (Å²) in [5, 5.41) is 18.4. The van der Waals surface area contributed by atoms with Crippen molar-refractivity contribution in [2.75, 3.05) is 13.1 Å². The van der Waals surface area contributed by atoms with E-state index in [0.717, 1.165) is 32.4 Å². The van der Waals surface area contributed by atoms with E-state index < -0.39 is 0 Å². The van der Waals surface area contributed by atoms with E-state index >= 15 is 0 Å². The highest BCUT2D eigenvalue weighted by Crippen LogP contribution is 2.23. The number of hydrogen-bond acceptors (Lipinski definition) is 3. The summed E-state index contributed by atoms with van der Waals surface area (Å²) in [4.78, 5) is 2.24. The van der Waals surface area contributed by atoms with Gasteiger partial charge in [0.1, 0.15) is 0 Å². The fourth-order valence-corrected chi connectivity index (χ4v) is 2.27.